The van der Waals surface area contributed by atoms with E-state index >= 15 is 0 Å². The second-order valence-corrected chi connectivity index (χ2v) is 6.71. The Balaban J connectivity index is 0.00000192. The number of carbonyl (C=O) groups is 1. The van der Waals surface area contributed by atoms with Gasteiger partial charge in [0, 0.05) is 25.8 Å². The number of hydrogen-bond acceptors (Lipinski definition) is 3. The monoisotopic (exact) mass is 338 g/mol. The first kappa shape index (κ1) is 18.2. The van der Waals surface area contributed by atoms with Gasteiger partial charge in [0.25, 0.3) is 0 Å². The maximum atomic E-state index is 13.1. The molecule has 4 nitrogen and oxygen atoms in total. The Morgan fingerprint density at radius 3 is 2.43 bits per heavy atom. The summed E-state index contributed by atoms with van der Waals surface area (Å²) >= 11 is 0. The van der Waals surface area contributed by atoms with Crippen molar-refractivity contribution in [1.82, 2.24) is 5.32 Å². The molecule has 1 aliphatic carbocycles. The number of aryl methyl sites for hydroxylation is 1. The highest BCUT2D eigenvalue weighted by atomic mass is 35.5. The van der Waals surface area contributed by atoms with Gasteiger partial charge in [0.15, 0.2) is 0 Å². The van der Waals surface area contributed by atoms with Crippen molar-refractivity contribution in [2.24, 2.45) is 11.7 Å². The Morgan fingerprint density at radius 2 is 1.91 bits per heavy atom. The second kappa shape index (κ2) is 7.65. The van der Waals surface area contributed by atoms with Gasteiger partial charge in [-0.2, -0.15) is 0 Å². The third-order valence-corrected chi connectivity index (χ3v) is 5.15. The topological polar surface area (TPSA) is 64.4 Å². The predicted molar refractivity (Wildman–Crippen MR) is 93.9 cm³/mol. The average Bonchev–Trinajstić information content (AvgIpc) is 3.38. The molecule has 0 aromatic heterocycles. The van der Waals surface area contributed by atoms with Crippen LogP contribution in [-0.2, 0) is 14.9 Å². The van der Waals surface area contributed by atoms with Gasteiger partial charge in [-0.15, -0.1) is 12.4 Å². The van der Waals surface area contributed by atoms with Crippen LogP contribution in [-0.4, -0.2) is 31.7 Å². The van der Waals surface area contributed by atoms with Gasteiger partial charge >= 0.3 is 0 Å². The van der Waals surface area contributed by atoms with Gasteiger partial charge in [0.2, 0.25) is 5.91 Å². The van der Waals surface area contributed by atoms with Gasteiger partial charge in [0.1, 0.15) is 0 Å². The summed E-state index contributed by atoms with van der Waals surface area (Å²) in [7, 11) is 0. The number of benzene rings is 1. The van der Waals surface area contributed by atoms with E-state index < -0.39 is 5.41 Å². The van der Waals surface area contributed by atoms with Crippen molar-refractivity contribution < 1.29 is 9.53 Å². The number of halogens is 1. The first-order valence-electron chi connectivity index (χ1n) is 8.31. The van der Waals surface area contributed by atoms with Crippen molar-refractivity contribution in [3.8, 4) is 0 Å². The Kier molecular flexibility index (Phi) is 6.06. The summed E-state index contributed by atoms with van der Waals surface area (Å²) in [4.78, 5) is 13.1. The summed E-state index contributed by atoms with van der Waals surface area (Å²) in [5.74, 6) is 0.700. The summed E-state index contributed by atoms with van der Waals surface area (Å²) < 4.78 is 5.51. The first-order chi connectivity index (χ1) is 10.7. The number of ether oxygens (including phenoxy) is 1. The fourth-order valence-electron chi connectivity index (χ4n) is 3.41. The minimum Gasteiger partial charge on any atom is -0.381 e. The largest absolute Gasteiger partial charge is 0.381 e. The molecule has 128 valence electrons. The lowest BCUT2D eigenvalue weighted by Gasteiger charge is -2.37. The van der Waals surface area contributed by atoms with Gasteiger partial charge in [-0.1, -0.05) is 29.8 Å². The Labute approximate surface area is 144 Å². The number of nitrogens with one attached hydrogen (secondary N) is 1. The van der Waals surface area contributed by atoms with E-state index in [1.807, 2.05) is 0 Å². The zero-order chi connectivity index (χ0) is 15.6. The van der Waals surface area contributed by atoms with Crippen LogP contribution in [0.25, 0.3) is 0 Å². The van der Waals surface area contributed by atoms with Gasteiger partial charge < -0.3 is 15.8 Å². The molecule has 0 bridgehead atoms. The molecule has 23 heavy (non-hydrogen) atoms. The van der Waals surface area contributed by atoms with Gasteiger partial charge in [-0.3, -0.25) is 4.79 Å². The maximum absolute atomic E-state index is 13.1. The zero-order valence-corrected chi connectivity index (χ0v) is 14.5. The van der Waals surface area contributed by atoms with Crippen LogP contribution in [0.15, 0.2) is 24.3 Å². The van der Waals surface area contributed by atoms with E-state index in [1.54, 1.807) is 0 Å². The minimum atomic E-state index is -0.464. The number of nitrogens with two attached hydrogens (primary N) is 1. The molecule has 1 aliphatic heterocycles. The van der Waals surface area contributed by atoms with Crippen molar-refractivity contribution in [1.29, 1.82) is 0 Å². The van der Waals surface area contributed by atoms with E-state index in [0.29, 0.717) is 25.7 Å². The molecule has 0 spiro atoms. The zero-order valence-electron chi connectivity index (χ0n) is 13.7. The van der Waals surface area contributed by atoms with E-state index in [0.717, 1.165) is 18.4 Å². The maximum Gasteiger partial charge on any atom is 0.231 e. The molecule has 1 amide bonds. The quantitative estimate of drug-likeness (QED) is 0.866. The van der Waals surface area contributed by atoms with Crippen LogP contribution < -0.4 is 11.1 Å². The number of rotatable bonds is 5. The molecular weight excluding hydrogens is 312 g/mol. The lowest BCUT2D eigenvalue weighted by atomic mass is 9.73. The molecule has 0 radical (unpaired) electrons. The lowest BCUT2D eigenvalue weighted by molar-refractivity contribution is -0.131. The molecule has 1 atom stereocenters. The first-order valence-corrected chi connectivity index (χ1v) is 8.31. The minimum absolute atomic E-state index is 0. The second-order valence-electron chi connectivity index (χ2n) is 6.71. The van der Waals surface area contributed by atoms with E-state index in [-0.39, 0.29) is 24.4 Å². The molecule has 2 aliphatic rings. The fourth-order valence-corrected chi connectivity index (χ4v) is 3.41. The van der Waals surface area contributed by atoms with Crippen LogP contribution in [0, 0.1) is 12.8 Å². The molecule has 1 saturated carbocycles. The normalized spacial score (nSPS) is 21.1. The Bertz CT molecular complexity index is 522. The third kappa shape index (κ3) is 3.87. The molecule has 5 heteroatoms. The van der Waals surface area contributed by atoms with Crippen molar-refractivity contribution in [2.75, 3.05) is 19.8 Å². The summed E-state index contributed by atoms with van der Waals surface area (Å²) in [5.41, 5.74) is 7.70. The fraction of sp³-hybridized carbons (Fsp3) is 0.611. The molecule has 1 aromatic rings. The number of amides is 1. The SMILES string of the molecule is Cc1ccc(C2(C(=O)NC(CN)C3CC3)CCOCC2)cc1.Cl. The van der Waals surface area contributed by atoms with E-state index in [4.69, 9.17) is 10.5 Å². The summed E-state index contributed by atoms with van der Waals surface area (Å²) in [5, 5.41) is 3.23. The highest BCUT2D eigenvalue weighted by molar-refractivity contribution is 5.88. The van der Waals surface area contributed by atoms with Gasteiger partial charge in [-0.25, -0.2) is 0 Å². The van der Waals surface area contributed by atoms with Gasteiger partial charge in [-0.05, 0) is 44.1 Å². The number of carbonyl (C=O) groups excluding carboxylic acids is 1. The summed E-state index contributed by atoms with van der Waals surface area (Å²) in [6.45, 7) is 3.87. The molecule has 3 rings (SSSR count). The highest BCUT2D eigenvalue weighted by Crippen LogP contribution is 2.37. The molecule has 1 heterocycles. The van der Waals surface area contributed by atoms with Crippen molar-refractivity contribution in [3.63, 3.8) is 0 Å². The third-order valence-electron chi connectivity index (χ3n) is 5.15. The van der Waals surface area contributed by atoms with Crippen LogP contribution in [0.5, 0.6) is 0 Å². The number of hydrogen-bond donors (Lipinski definition) is 2. The van der Waals surface area contributed by atoms with Crippen LogP contribution >= 0.6 is 12.4 Å². The van der Waals surface area contributed by atoms with Crippen molar-refractivity contribution >= 4 is 18.3 Å². The molecular formula is C18H27ClN2O2. The van der Waals surface area contributed by atoms with Crippen molar-refractivity contribution in [2.45, 2.75) is 44.1 Å². The van der Waals surface area contributed by atoms with Crippen LogP contribution in [0.1, 0.15) is 36.8 Å². The molecule has 1 saturated heterocycles. The van der Waals surface area contributed by atoms with Crippen LogP contribution in [0.4, 0.5) is 0 Å². The Hall–Kier alpha value is -1.10. The van der Waals surface area contributed by atoms with E-state index in [9.17, 15) is 4.79 Å². The Morgan fingerprint density at radius 1 is 1.30 bits per heavy atom. The molecule has 3 N–H and O–H groups in total. The molecule has 2 fully saturated rings. The summed E-state index contributed by atoms with van der Waals surface area (Å²) in [6.07, 6.45) is 3.85. The van der Waals surface area contributed by atoms with E-state index in [1.165, 1.54) is 18.4 Å². The van der Waals surface area contributed by atoms with Crippen molar-refractivity contribution in [3.05, 3.63) is 35.4 Å². The summed E-state index contributed by atoms with van der Waals surface area (Å²) in [6, 6.07) is 8.48. The molecule has 1 aromatic carbocycles. The van der Waals surface area contributed by atoms with Gasteiger partial charge in [0.05, 0.1) is 5.41 Å². The average molecular weight is 339 g/mol. The van der Waals surface area contributed by atoms with Crippen LogP contribution in [0.2, 0.25) is 0 Å². The highest BCUT2D eigenvalue weighted by Gasteiger charge is 2.43. The predicted octanol–water partition coefficient (Wildman–Crippen LogP) is 2.32. The standard InChI is InChI=1S/C18H26N2O2.ClH/c1-13-2-6-15(7-3-13)18(8-10-22-11-9-18)17(21)20-16(12-19)14-4-5-14;/h2-3,6-7,14,16H,4-5,8-12,19H2,1H3,(H,20,21);1H. The lowest BCUT2D eigenvalue weighted by Crippen LogP contribution is -2.53. The van der Waals surface area contributed by atoms with E-state index in [2.05, 4.69) is 36.5 Å². The van der Waals surface area contributed by atoms with Crippen LogP contribution in [0.3, 0.4) is 0 Å². The smallest absolute Gasteiger partial charge is 0.231 e. The molecule has 1 unspecified atom stereocenters.